The number of phenolic OH excluding ortho intramolecular Hbond substituents is 1. The number of rotatable bonds is 1. The van der Waals surface area contributed by atoms with Gasteiger partial charge in [0.05, 0.1) is 5.56 Å². The van der Waals surface area contributed by atoms with Crippen LogP contribution in [-0.2, 0) is 12.8 Å². The number of aromatic hydroxyl groups is 1. The number of hydrogen-bond acceptors (Lipinski definition) is 4. The van der Waals surface area contributed by atoms with Crippen molar-refractivity contribution >= 4 is 22.2 Å². The molecule has 1 aromatic heterocycles. The Morgan fingerprint density at radius 2 is 2.13 bits per heavy atom. The van der Waals surface area contributed by atoms with Gasteiger partial charge in [-0.1, -0.05) is 25.1 Å². The monoisotopic (exact) mass is 328 g/mol. The van der Waals surface area contributed by atoms with Crippen LogP contribution in [0, 0.1) is 12.8 Å². The number of anilines is 1. The highest BCUT2D eigenvalue weighted by Gasteiger charge is 2.33. The van der Waals surface area contributed by atoms with Gasteiger partial charge in [0.1, 0.15) is 16.9 Å². The molecule has 4 rings (SSSR count). The summed E-state index contributed by atoms with van der Waals surface area (Å²) in [5.41, 5.74) is 3.56. The summed E-state index contributed by atoms with van der Waals surface area (Å²) < 4.78 is 0. The predicted molar refractivity (Wildman–Crippen MR) is 92.2 cm³/mol. The zero-order chi connectivity index (χ0) is 16.1. The Balaban J connectivity index is 1.73. The van der Waals surface area contributed by atoms with Crippen LogP contribution in [0.3, 0.4) is 0 Å². The summed E-state index contributed by atoms with van der Waals surface area (Å²) in [5.74, 6) is 0.891. The number of nitrogens with one attached hydrogen (secondary N) is 2. The van der Waals surface area contributed by atoms with Crippen LogP contribution in [0.15, 0.2) is 18.2 Å². The Hall–Kier alpha value is -2.01. The molecule has 1 aliphatic heterocycles. The fourth-order valence-electron chi connectivity index (χ4n) is 3.53. The van der Waals surface area contributed by atoms with Gasteiger partial charge in [0.15, 0.2) is 0 Å². The fraction of sp³-hybridized carbons (Fsp3) is 0.389. The van der Waals surface area contributed by atoms with Crippen LogP contribution < -0.4 is 10.6 Å². The molecule has 23 heavy (non-hydrogen) atoms. The van der Waals surface area contributed by atoms with Gasteiger partial charge < -0.3 is 15.7 Å². The number of para-hydroxylation sites is 1. The van der Waals surface area contributed by atoms with E-state index in [1.807, 2.05) is 25.1 Å². The lowest BCUT2D eigenvalue weighted by Gasteiger charge is -2.27. The van der Waals surface area contributed by atoms with Gasteiger partial charge in [-0.25, -0.2) is 0 Å². The van der Waals surface area contributed by atoms with E-state index in [9.17, 15) is 9.90 Å². The summed E-state index contributed by atoms with van der Waals surface area (Å²) in [6.45, 7) is 4.13. The molecular formula is C18H20N2O2S. The normalized spacial score (nSPS) is 22.8. The molecule has 2 heterocycles. The third-order valence-corrected chi connectivity index (χ3v) is 6.06. The minimum atomic E-state index is -0.382. The van der Waals surface area contributed by atoms with Crippen molar-refractivity contribution < 1.29 is 9.90 Å². The maximum atomic E-state index is 12.7. The average molecular weight is 328 g/mol. The Morgan fingerprint density at radius 1 is 1.30 bits per heavy atom. The molecule has 0 spiro atoms. The zero-order valence-electron chi connectivity index (χ0n) is 13.3. The molecule has 1 aromatic carbocycles. The largest absolute Gasteiger partial charge is 0.507 e. The fourth-order valence-corrected chi connectivity index (χ4v) is 4.97. The second-order valence-electron chi connectivity index (χ2n) is 6.62. The van der Waals surface area contributed by atoms with Gasteiger partial charge in [-0.3, -0.25) is 4.79 Å². The van der Waals surface area contributed by atoms with Gasteiger partial charge in [0, 0.05) is 10.4 Å². The summed E-state index contributed by atoms with van der Waals surface area (Å²) in [7, 11) is 0. The third-order valence-electron chi connectivity index (χ3n) is 4.87. The van der Waals surface area contributed by atoms with E-state index < -0.39 is 0 Å². The van der Waals surface area contributed by atoms with E-state index in [0.717, 1.165) is 35.4 Å². The topological polar surface area (TPSA) is 61.4 Å². The molecule has 5 heteroatoms. The highest BCUT2D eigenvalue weighted by Crippen LogP contribution is 2.43. The second-order valence-corrected chi connectivity index (χ2v) is 7.72. The van der Waals surface area contributed by atoms with E-state index in [-0.39, 0.29) is 17.8 Å². The molecule has 2 aliphatic rings. The van der Waals surface area contributed by atoms with Gasteiger partial charge in [0.2, 0.25) is 0 Å². The van der Waals surface area contributed by atoms with Gasteiger partial charge in [-0.2, -0.15) is 0 Å². The molecule has 0 saturated heterocycles. The van der Waals surface area contributed by atoms with Gasteiger partial charge >= 0.3 is 0 Å². The van der Waals surface area contributed by atoms with Gasteiger partial charge in [0.25, 0.3) is 5.91 Å². The van der Waals surface area contributed by atoms with E-state index in [4.69, 9.17) is 0 Å². The number of carbonyl (C=O) groups excluding carboxylic acids is 1. The van der Waals surface area contributed by atoms with Crippen LogP contribution in [-0.4, -0.2) is 11.0 Å². The van der Waals surface area contributed by atoms with Crippen molar-refractivity contribution in [2.24, 2.45) is 5.92 Å². The standard InChI is InChI=1S/C18H20N2O2S/c1-9-6-7-11-13(8-9)23-18-14(11)17(22)19-16(20-18)12-5-3-4-10(2)15(12)21/h3-5,9,16,20-21H,6-8H2,1-2H3,(H,19,22)/t9-,16+/m0/s1. The number of thiophene rings is 1. The highest BCUT2D eigenvalue weighted by atomic mass is 32.1. The summed E-state index contributed by atoms with van der Waals surface area (Å²) in [4.78, 5) is 14.0. The molecule has 0 radical (unpaired) electrons. The Morgan fingerprint density at radius 3 is 2.96 bits per heavy atom. The van der Waals surface area contributed by atoms with E-state index in [0.29, 0.717) is 11.5 Å². The van der Waals surface area contributed by atoms with E-state index >= 15 is 0 Å². The average Bonchev–Trinajstić information content (AvgIpc) is 2.87. The zero-order valence-corrected chi connectivity index (χ0v) is 14.1. The molecule has 0 bridgehead atoms. The first-order valence-electron chi connectivity index (χ1n) is 8.05. The van der Waals surface area contributed by atoms with Crippen molar-refractivity contribution in [1.82, 2.24) is 5.32 Å². The number of fused-ring (bicyclic) bond motifs is 3. The Kier molecular flexibility index (Phi) is 3.34. The molecule has 2 atom stereocenters. The maximum Gasteiger partial charge on any atom is 0.256 e. The van der Waals surface area contributed by atoms with Crippen LogP contribution in [0.25, 0.3) is 0 Å². The smallest absolute Gasteiger partial charge is 0.256 e. The van der Waals surface area contributed by atoms with E-state index in [1.165, 1.54) is 10.4 Å². The number of benzene rings is 1. The summed E-state index contributed by atoms with van der Waals surface area (Å²) >= 11 is 1.70. The lowest BCUT2D eigenvalue weighted by atomic mass is 9.88. The molecule has 120 valence electrons. The molecular weight excluding hydrogens is 308 g/mol. The minimum Gasteiger partial charge on any atom is -0.507 e. The predicted octanol–water partition coefficient (Wildman–Crippen LogP) is 3.74. The molecule has 3 N–H and O–H groups in total. The van der Waals surface area contributed by atoms with Gasteiger partial charge in [-0.15, -0.1) is 11.3 Å². The van der Waals surface area contributed by atoms with E-state index in [2.05, 4.69) is 17.6 Å². The quantitative estimate of drug-likeness (QED) is 0.747. The molecule has 0 fully saturated rings. The summed E-state index contributed by atoms with van der Waals surface area (Å²) in [6.07, 6.45) is 2.80. The number of amides is 1. The van der Waals surface area contributed by atoms with Crippen LogP contribution >= 0.6 is 11.3 Å². The number of aryl methyl sites for hydroxylation is 1. The highest BCUT2D eigenvalue weighted by molar-refractivity contribution is 7.16. The molecule has 0 unspecified atom stereocenters. The molecule has 2 aromatic rings. The first-order valence-corrected chi connectivity index (χ1v) is 8.86. The summed E-state index contributed by atoms with van der Waals surface area (Å²) in [5, 5.41) is 17.6. The number of hydrogen-bond donors (Lipinski definition) is 3. The number of phenols is 1. The molecule has 1 amide bonds. The van der Waals surface area contributed by atoms with Crippen LogP contribution in [0.2, 0.25) is 0 Å². The number of carbonyl (C=O) groups is 1. The lowest BCUT2D eigenvalue weighted by molar-refractivity contribution is 0.0935. The second kappa shape index (κ2) is 5.27. The van der Waals surface area contributed by atoms with Crippen molar-refractivity contribution in [2.45, 2.75) is 39.3 Å². The third kappa shape index (κ3) is 2.30. The molecule has 0 saturated carbocycles. The van der Waals surface area contributed by atoms with E-state index in [1.54, 1.807) is 11.3 Å². The first kappa shape index (κ1) is 14.6. The Bertz CT molecular complexity index is 797. The first-order chi connectivity index (χ1) is 11.0. The van der Waals surface area contributed by atoms with Crippen LogP contribution in [0.5, 0.6) is 5.75 Å². The van der Waals surface area contributed by atoms with Crippen molar-refractivity contribution in [3.05, 3.63) is 45.3 Å². The summed E-state index contributed by atoms with van der Waals surface area (Å²) in [6, 6.07) is 5.61. The Labute approximate surface area is 139 Å². The van der Waals surface area contributed by atoms with Crippen molar-refractivity contribution in [3.63, 3.8) is 0 Å². The molecule has 1 aliphatic carbocycles. The van der Waals surface area contributed by atoms with Crippen LogP contribution in [0.4, 0.5) is 5.00 Å². The van der Waals surface area contributed by atoms with Crippen molar-refractivity contribution in [3.8, 4) is 5.75 Å². The van der Waals surface area contributed by atoms with Crippen molar-refractivity contribution in [1.29, 1.82) is 0 Å². The minimum absolute atomic E-state index is 0.0308. The van der Waals surface area contributed by atoms with Crippen LogP contribution in [0.1, 0.15) is 51.4 Å². The SMILES string of the molecule is Cc1cccc([C@@H]2NC(=O)c3c(sc4c3CC[C@H](C)C4)N2)c1O. The maximum absolute atomic E-state index is 12.7. The van der Waals surface area contributed by atoms with Gasteiger partial charge in [-0.05, 0) is 43.2 Å². The lowest BCUT2D eigenvalue weighted by Crippen LogP contribution is -2.38. The van der Waals surface area contributed by atoms with Crippen molar-refractivity contribution in [2.75, 3.05) is 5.32 Å². The molecule has 4 nitrogen and oxygen atoms in total.